The van der Waals surface area contributed by atoms with Gasteiger partial charge in [0.25, 0.3) is 17.7 Å². The van der Waals surface area contributed by atoms with E-state index in [0.717, 1.165) is 0 Å². The Hall–Kier alpha value is -2.86. The summed E-state index contributed by atoms with van der Waals surface area (Å²) in [7, 11) is 0. The van der Waals surface area contributed by atoms with E-state index in [1.807, 2.05) is 13.8 Å². The van der Waals surface area contributed by atoms with Crippen molar-refractivity contribution in [3.05, 3.63) is 58.6 Å². The molecule has 3 rings (SSSR count). The van der Waals surface area contributed by atoms with E-state index in [0.29, 0.717) is 34.1 Å². The molecule has 0 atom stereocenters. The Kier molecular flexibility index (Phi) is 5.46. The van der Waals surface area contributed by atoms with E-state index in [1.54, 1.807) is 36.4 Å². The highest BCUT2D eigenvalue weighted by molar-refractivity contribution is 6.30. The van der Waals surface area contributed by atoms with Crippen LogP contribution in [0, 0.1) is 5.92 Å². The topological polar surface area (TPSA) is 75.7 Å². The summed E-state index contributed by atoms with van der Waals surface area (Å²) < 4.78 is 5.39. The number of nitrogens with one attached hydrogen (secondary N) is 1. The van der Waals surface area contributed by atoms with Gasteiger partial charge in [-0.3, -0.25) is 19.3 Å². The average molecular weight is 387 g/mol. The number of ether oxygens (including phenoxy) is 1. The van der Waals surface area contributed by atoms with Gasteiger partial charge in [0.2, 0.25) is 0 Å². The number of carbonyl (C=O) groups is 3. The lowest BCUT2D eigenvalue weighted by molar-refractivity contribution is -0.118. The summed E-state index contributed by atoms with van der Waals surface area (Å²) in [5.74, 6) is -0.310. The fourth-order valence-corrected chi connectivity index (χ4v) is 2.90. The Labute approximate surface area is 162 Å². The van der Waals surface area contributed by atoms with Crippen LogP contribution in [0.25, 0.3) is 0 Å². The summed E-state index contributed by atoms with van der Waals surface area (Å²) in [6.07, 6.45) is 0. The zero-order chi connectivity index (χ0) is 19.6. The van der Waals surface area contributed by atoms with Crippen molar-refractivity contribution >= 4 is 35.0 Å². The van der Waals surface area contributed by atoms with Crippen molar-refractivity contribution in [1.29, 1.82) is 0 Å². The van der Waals surface area contributed by atoms with Crippen LogP contribution in [0.3, 0.4) is 0 Å². The summed E-state index contributed by atoms with van der Waals surface area (Å²) in [6, 6.07) is 11.4. The van der Waals surface area contributed by atoms with Crippen molar-refractivity contribution in [1.82, 2.24) is 4.90 Å². The van der Waals surface area contributed by atoms with Gasteiger partial charge in [0.15, 0.2) is 6.61 Å². The first-order valence-corrected chi connectivity index (χ1v) is 8.91. The van der Waals surface area contributed by atoms with Crippen LogP contribution in [0.1, 0.15) is 34.6 Å². The summed E-state index contributed by atoms with van der Waals surface area (Å²) in [4.78, 5) is 38.1. The number of hydrogen-bond acceptors (Lipinski definition) is 4. The maximum Gasteiger partial charge on any atom is 0.262 e. The fourth-order valence-electron chi connectivity index (χ4n) is 2.78. The van der Waals surface area contributed by atoms with Crippen LogP contribution in [-0.4, -0.2) is 35.8 Å². The highest BCUT2D eigenvalue weighted by Crippen LogP contribution is 2.26. The molecule has 2 aromatic rings. The predicted molar refractivity (Wildman–Crippen MR) is 102 cm³/mol. The van der Waals surface area contributed by atoms with Gasteiger partial charge in [0.05, 0.1) is 11.1 Å². The lowest BCUT2D eigenvalue weighted by Gasteiger charge is -2.15. The molecule has 0 spiro atoms. The molecule has 2 aromatic carbocycles. The molecule has 6 nitrogen and oxygen atoms in total. The molecule has 0 unspecified atom stereocenters. The Balaban J connectivity index is 1.65. The van der Waals surface area contributed by atoms with E-state index in [-0.39, 0.29) is 30.2 Å². The van der Waals surface area contributed by atoms with E-state index in [1.165, 1.54) is 11.0 Å². The van der Waals surface area contributed by atoms with Crippen molar-refractivity contribution in [2.75, 3.05) is 18.5 Å². The summed E-state index contributed by atoms with van der Waals surface area (Å²) in [5, 5.41) is 3.25. The third kappa shape index (κ3) is 4.28. The van der Waals surface area contributed by atoms with Crippen molar-refractivity contribution in [3.8, 4) is 5.75 Å². The molecule has 0 saturated heterocycles. The second kappa shape index (κ2) is 7.80. The van der Waals surface area contributed by atoms with Gasteiger partial charge in [-0.2, -0.15) is 0 Å². The number of nitrogens with zero attached hydrogens (tertiary/aromatic N) is 1. The molecule has 1 aliphatic heterocycles. The minimum atomic E-state index is -0.374. The Bertz CT molecular complexity index is 893. The van der Waals surface area contributed by atoms with Crippen LogP contribution < -0.4 is 10.1 Å². The van der Waals surface area contributed by atoms with Gasteiger partial charge in [-0.15, -0.1) is 0 Å². The first kappa shape index (κ1) is 18.9. The third-order valence-corrected chi connectivity index (χ3v) is 4.24. The first-order chi connectivity index (χ1) is 12.8. The second-order valence-electron chi connectivity index (χ2n) is 6.67. The number of imide groups is 1. The number of rotatable bonds is 6. The van der Waals surface area contributed by atoms with Crippen molar-refractivity contribution < 1.29 is 19.1 Å². The SMILES string of the molecule is CC(C)CN1C(=O)c2ccc(NC(=O)COc3ccc(Cl)cc3)cc2C1=O. The van der Waals surface area contributed by atoms with Crippen molar-refractivity contribution in [2.24, 2.45) is 5.92 Å². The number of hydrogen-bond donors (Lipinski definition) is 1. The maximum atomic E-state index is 12.5. The van der Waals surface area contributed by atoms with E-state index < -0.39 is 0 Å². The van der Waals surface area contributed by atoms with E-state index in [4.69, 9.17) is 16.3 Å². The van der Waals surface area contributed by atoms with Gasteiger partial charge in [-0.05, 0) is 48.4 Å². The quantitative estimate of drug-likeness (QED) is 0.769. The molecule has 140 valence electrons. The molecule has 0 bridgehead atoms. The van der Waals surface area contributed by atoms with Crippen LogP contribution in [0.15, 0.2) is 42.5 Å². The molecule has 3 amide bonds. The van der Waals surface area contributed by atoms with Crippen LogP contribution in [0.2, 0.25) is 5.02 Å². The van der Waals surface area contributed by atoms with Crippen LogP contribution in [0.4, 0.5) is 5.69 Å². The summed E-state index contributed by atoms with van der Waals surface area (Å²) in [5.41, 5.74) is 1.10. The highest BCUT2D eigenvalue weighted by atomic mass is 35.5. The largest absolute Gasteiger partial charge is 0.484 e. The van der Waals surface area contributed by atoms with Gasteiger partial charge in [0.1, 0.15) is 5.75 Å². The van der Waals surface area contributed by atoms with Crippen LogP contribution in [-0.2, 0) is 4.79 Å². The third-order valence-electron chi connectivity index (χ3n) is 3.99. The smallest absolute Gasteiger partial charge is 0.262 e. The molecule has 0 aliphatic carbocycles. The normalized spacial score (nSPS) is 13.1. The van der Waals surface area contributed by atoms with Crippen molar-refractivity contribution in [3.63, 3.8) is 0 Å². The van der Waals surface area contributed by atoms with Crippen LogP contribution in [0.5, 0.6) is 5.75 Å². The van der Waals surface area contributed by atoms with Gasteiger partial charge < -0.3 is 10.1 Å². The van der Waals surface area contributed by atoms with Gasteiger partial charge in [0, 0.05) is 17.3 Å². The molecular weight excluding hydrogens is 368 g/mol. The van der Waals surface area contributed by atoms with Gasteiger partial charge in [-0.25, -0.2) is 0 Å². The number of carbonyl (C=O) groups excluding carboxylic acids is 3. The van der Waals surface area contributed by atoms with E-state index in [9.17, 15) is 14.4 Å². The predicted octanol–water partition coefficient (Wildman–Crippen LogP) is 3.61. The molecule has 1 aliphatic rings. The zero-order valence-electron chi connectivity index (χ0n) is 15.0. The summed E-state index contributed by atoms with van der Waals surface area (Å²) in [6.45, 7) is 4.06. The monoisotopic (exact) mass is 386 g/mol. The number of fused-ring (bicyclic) bond motifs is 1. The fraction of sp³-hybridized carbons (Fsp3) is 0.250. The molecular formula is C20H19ClN2O4. The number of benzene rings is 2. The molecule has 27 heavy (non-hydrogen) atoms. The standard InChI is InChI=1S/C20H19ClN2O4/c1-12(2)10-23-19(25)16-8-5-14(9-17(16)20(23)26)22-18(24)11-27-15-6-3-13(21)4-7-15/h3-9,12H,10-11H2,1-2H3,(H,22,24). The van der Waals surface area contributed by atoms with E-state index in [2.05, 4.69) is 5.32 Å². The van der Waals surface area contributed by atoms with Crippen molar-refractivity contribution in [2.45, 2.75) is 13.8 Å². The molecule has 0 saturated carbocycles. The Morgan fingerprint density at radius 3 is 2.41 bits per heavy atom. The van der Waals surface area contributed by atoms with Gasteiger partial charge >= 0.3 is 0 Å². The molecule has 0 aromatic heterocycles. The highest BCUT2D eigenvalue weighted by Gasteiger charge is 2.35. The van der Waals surface area contributed by atoms with Crippen LogP contribution >= 0.6 is 11.6 Å². The number of anilines is 1. The number of halogens is 1. The Morgan fingerprint density at radius 2 is 1.74 bits per heavy atom. The lowest BCUT2D eigenvalue weighted by atomic mass is 10.1. The minimum absolute atomic E-state index is 0.177. The molecule has 0 fully saturated rings. The average Bonchev–Trinajstić information content (AvgIpc) is 2.85. The molecule has 0 radical (unpaired) electrons. The minimum Gasteiger partial charge on any atom is -0.484 e. The maximum absolute atomic E-state index is 12.5. The first-order valence-electron chi connectivity index (χ1n) is 8.53. The molecule has 1 N–H and O–H groups in total. The molecule has 1 heterocycles. The van der Waals surface area contributed by atoms with E-state index >= 15 is 0 Å². The zero-order valence-corrected chi connectivity index (χ0v) is 15.7. The Morgan fingerprint density at radius 1 is 1.07 bits per heavy atom. The molecule has 7 heteroatoms. The van der Waals surface area contributed by atoms with Gasteiger partial charge in [-0.1, -0.05) is 25.4 Å². The number of amides is 3. The summed E-state index contributed by atoms with van der Waals surface area (Å²) >= 11 is 5.80. The lowest BCUT2D eigenvalue weighted by Crippen LogP contribution is -2.33. The second-order valence-corrected chi connectivity index (χ2v) is 7.10.